The van der Waals surface area contributed by atoms with Crippen LogP contribution >= 0.6 is 0 Å². The standard InChI is InChI=1S/C22H25N3O3/c1-15-19(20(25-28-15)16-6-5-11-23-14-16)21(26)24-12-13-27-18-9-7-17(8-10-18)22(2,3)4/h5-11,14H,12-13H2,1-4H3,(H,24,26). The van der Waals surface area contributed by atoms with Gasteiger partial charge in [-0.2, -0.15) is 0 Å². The fourth-order valence-electron chi connectivity index (χ4n) is 2.81. The third-order valence-electron chi connectivity index (χ3n) is 4.40. The molecule has 0 spiro atoms. The second-order valence-corrected chi connectivity index (χ2v) is 7.58. The van der Waals surface area contributed by atoms with E-state index in [0.29, 0.717) is 30.2 Å². The molecule has 2 aromatic heterocycles. The van der Waals surface area contributed by atoms with Gasteiger partial charge < -0.3 is 14.6 Å². The van der Waals surface area contributed by atoms with Crippen LogP contribution in [0.15, 0.2) is 53.3 Å². The summed E-state index contributed by atoms with van der Waals surface area (Å²) >= 11 is 0. The first-order valence-corrected chi connectivity index (χ1v) is 9.24. The molecule has 2 heterocycles. The van der Waals surface area contributed by atoms with Crippen molar-refractivity contribution in [1.29, 1.82) is 0 Å². The Bertz CT molecular complexity index is 926. The number of amides is 1. The van der Waals surface area contributed by atoms with Crippen molar-refractivity contribution in [2.45, 2.75) is 33.1 Å². The number of nitrogens with zero attached hydrogens (tertiary/aromatic N) is 2. The molecule has 0 aliphatic heterocycles. The number of pyridine rings is 1. The van der Waals surface area contributed by atoms with Crippen molar-refractivity contribution < 1.29 is 14.1 Å². The lowest BCUT2D eigenvalue weighted by molar-refractivity contribution is 0.0946. The van der Waals surface area contributed by atoms with Gasteiger partial charge in [0.2, 0.25) is 0 Å². The first-order valence-electron chi connectivity index (χ1n) is 9.24. The molecule has 6 nitrogen and oxygen atoms in total. The highest BCUT2D eigenvalue weighted by Crippen LogP contribution is 2.25. The molecule has 0 unspecified atom stereocenters. The van der Waals surface area contributed by atoms with Crippen LogP contribution in [-0.2, 0) is 5.41 Å². The molecule has 0 atom stereocenters. The highest BCUT2D eigenvalue weighted by atomic mass is 16.5. The molecule has 0 aliphatic carbocycles. The van der Waals surface area contributed by atoms with Gasteiger partial charge in [-0.3, -0.25) is 9.78 Å². The predicted molar refractivity (Wildman–Crippen MR) is 107 cm³/mol. The van der Waals surface area contributed by atoms with Crippen molar-refractivity contribution in [3.05, 3.63) is 65.7 Å². The van der Waals surface area contributed by atoms with Crippen molar-refractivity contribution in [2.24, 2.45) is 0 Å². The van der Waals surface area contributed by atoms with Gasteiger partial charge in [-0.25, -0.2) is 0 Å². The van der Waals surface area contributed by atoms with Crippen molar-refractivity contribution in [1.82, 2.24) is 15.5 Å². The molecule has 3 rings (SSSR count). The van der Waals surface area contributed by atoms with Gasteiger partial charge in [-0.15, -0.1) is 0 Å². The molecule has 28 heavy (non-hydrogen) atoms. The zero-order chi connectivity index (χ0) is 20.1. The summed E-state index contributed by atoms with van der Waals surface area (Å²) in [4.78, 5) is 16.7. The van der Waals surface area contributed by atoms with Crippen LogP contribution in [0.25, 0.3) is 11.3 Å². The Morgan fingerprint density at radius 2 is 1.93 bits per heavy atom. The van der Waals surface area contributed by atoms with Gasteiger partial charge in [0.25, 0.3) is 5.91 Å². The van der Waals surface area contributed by atoms with Crippen molar-refractivity contribution in [3.8, 4) is 17.0 Å². The maximum absolute atomic E-state index is 12.6. The van der Waals surface area contributed by atoms with E-state index in [1.165, 1.54) is 5.56 Å². The lowest BCUT2D eigenvalue weighted by atomic mass is 9.87. The van der Waals surface area contributed by atoms with E-state index in [9.17, 15) is 4.79 Å². The monoisotopic (exact) mass is 379 g/mol. The first kappa shape index (κ1) is 19.6. The molecule has 1 amide bonds. The summed E-state index contributed by atoms with van der Waals surface area (Å²) in [6, 6.07) is 11.7. The smallest absolute Gasteiger partial charge is 0.257 e. The van der Waals surface area contributed by atoms with E-state index in [4.69, 9.17) is 9.26 Å². The summed E-state index contributed by atoms with van der Waals surface area (Å²) < 4.78 is 10.9. The number of carbonyl (C=O) groups is 1. The highest BCUT2D eigenvalue weighted by molar-refractivity contribution is 6.00. The molecule has 0 radical (unpaired) electrons. The van der Waals surface area contributed by atoms with E-state index in [1.54, 1.807) is 25.4 Å². The third-order valence-corrected chi connectivity index (χ3v) is 4.40. The van der Waals surface area contributed by atoms with E-state index >= 15 is 0 Å². The molecule has 0 bridgehead atoms. The Labute approximate surface area is 164 Å². The molecular formula is C22H25N3O3. The molecule has 1 N–H and O–H groups in total. The summed E-state index contributed by atoms with van der Waals surface area (Å²) in [6.45, 7) is 8.97. The fraction of sp³-hybridized carbons (Fsp3) is 0.318. The Balaban J connectivity index is 1.56. The minimum Gasteiger partial charge on any atom is -0.492 e. The summed E-state index contributed by atoms with van der Waals surface area (Å²) in [5, 5.41) is 6.86. The topological polar surface area (TPSA) is 77.2 Å². The van der Waals surface area contributed by atoms with E-state index < -0.39 is 0 Å². The average Bonchev–Trinajstić information content (AvgIpc) is 3.07. The molecule has 0 saturated heterocycles. The number of nitrogens with one attached hydrogen (secondary N) is 1. The molecule has 3 aromatic rings. The van der Waals surface area contributed by atoms with Crippen LogP contribution in [-0.4, -0.2) is 29.2 Å². The Kier molecular flexibility index (Phi) is 5.78. The molecule has 0 aliphatic rings. The number of hydrogen-bond donors (Lipinski definition) is 1. The Morgan fingerprint density at radius 3 is 2.57 bits per heavy atom. The molecule has 1 aromatic carbocycles. The Hall–Kier alpha value is -3.15. The fourth-order valence-corrected chi connectivity index (χ4v) is 2.81. The van der Waals surface area contributed by atoms with E-state index in [2.05, 4.69) is 48.4 Å². The van der Waals surface area contributed by atoms with Gasteiger partial charge >= 0.3 is 0 Å². The summed E-state index contributed by atoms with van der Waals surface area (Å²) in [6.07, 6.45) is 3.32. The molecule has 0 saturated carbocycles. The molecule has 146 valence electrons. The predicted octanol–water partition coefficient (Wildman–Crippen LogP) is 4.15. The van der Waals surface area contributed by atoms with Gasteiger partial charge in [-0.05, 0) is 42.2 Å². The van der Waals surface area contributed by atoms with E-state index in [0.717, 1.165) is 11.3 Å². The summed E-state index contributed by atoms with van der Waals surface area (Å²) in [5.74, 6) is 0.999. The normalized spacial score (nSPS) is 11.3. The van der Waals surface area contributed by atoms with Gasteiger partial charge in [0, 0.05) is 18.0 Å². The SMILES string of the molecule is Cc1onc(-c2cccnc2)c1C(=O)NCCOc1ccc(C(C)(C)C)cc1. The largest absolute Gasteiger partial charge is 0.492 e. The van der Waals surface area contributed by atoms with Crippen LogP contribution in [0.5, 0.6) is 5.75 Å². The van der Waals surface area contributed by atoms with Crippen molar-refractivity contribution in [3.63, 3.8) is 0 Å². The number of aryl methyl sites for hydroxylation is 1. The van der Waals surface area contributed by atoms with Crippen LogP contribution in [0.1, 0.15) is 42.5 Å². The van der Waals surface area contributed by atoms with Gasteiger partial charge in [-0.1, -0.05) is 38.1 Å². The van der Waals surface area contributed by atoms with Gasteiger partial charge in [0.15, 0.2) is 0 Å². The van der Waals surface area contributed by atoms with Crippen LogP contribution in [0.4, 0.5) is 0 Å². The number of carbonyl (C=O) groups excluding carboxylic acids is 1. The van der Waals surface area contributed by atoms with Crippen molar-refractivity contribution >= 4 is 5.91 Å². The quantitative estimate of drug-likeness (QED) is 0.651. The van der Waals surface area contributed by atoms with Crippen LogP contribution in [0.2, 0.25) is 0 Å². The lowest BCUT2D eigenvalue weighted by Gasteiger charge is -2.19. The maximum atomic E-state index is 12.6. The minimum absolute atomic E-state index is 0.106. The van der Waals surface area contributed by atoms with Gasteiger partial charge in [0.05, 0.1) is 6.54 Å². The summed E-state index contributed by atoms with van der Waals surface area (Å²) in [7, 11) is 0. The van der Waals surface area contributed by atoms with E-state index in [-0.39, 0.29) is 11.3 Å². The van der Waals surface area contributed by atoms with Crippen LogP contribution < -0.4 is 10.1 Å². The second-order valence-electron chi connectivity index (χ2n) is 7.58. The number of benzene rings is 1. The maximum Gasteiger partial charge on any atom is 0.257 e. The number of aromatic nitrogens is 2. The Morgan fingerprint density at radius 1 is 1.18 bits per heavy atom. The molecule has 0 fully saturated rings. The lowest BCUT2D eigenvalue weighted by Crippen LogP contribution is -2.28. The van der Waals surface area contributed by atoms with Crippen molar-refractivity contribution in [2.75, 3.05) is 13.2 Å². The van der Waals surface area contributed by atoms with Gasteiger partial charge in [0.1, 0.15) is 29.4 Å². The second kappa shape index (κ2) is 8.25. The zero-order valence-electron chi connectivity index (χ0n) is 16.7. The van der Waals surface area contributed by atoms with E-state index in [1.807, 2.05) is 18.2 Å². The van der Waals surface area contributed by atoms with Crippen LogP contribution in [0, 0.1) is 6.92 Å². The number of hydrogen-bond acceptors (Lipinski definition) is 5. The zero-order valence-corrected chi connectivity index (χ0v) is 16.7. The molecular weight excluding hydrogens is 354 g/mol. The summed E-state index contributed by atoms with van der Waals surface area (Å²) in [5.41, 5.74) is 3.00. The highest BCUT2D eigenvalue weighted by Gasteiger charge is 2.21. The minimum atomic E-state index is -0.246. The third kappa shape index (κ3) is 4.57. The number of ether oxygens (including phenoxy) is 1. The first-order chi connectivity index (χ1) is 13.4. The van der Waals surface area contributed by atoms with Crippen LogP contribution in [0.3, 0.4) is 0 Å². The average molecular weight is 379 g/mol. The number of rotatable bonds is 6. The molecule has 6 heteroatoms.